The molecule has 6 heteroatoms. The van der Waals surface area contributed by atoms with Gasteiger partial charge in [-0.1, -0.05) is 17.3 Å². The summed E-state index contributed by atoms with van der Waals surface area (Å²) in [5.74, 6) is 1.56. The number of nitrogens with zero attached hydrogens (tertiary/aromatic N) is 2. The van der Waals surface area contributed by atoms with E-state index in [1.165, 1.54) is 12.1 Å². The maximum atomic E-state index is 12.4. The molecular formula is C13H11F3N2O. The van der Waals surface area contributed by atoms with E-state index in [9.17, 15) is 13.2 Å². The molecule has 1 heterocycles. The average Bonchev–Trinajstić information content (AvgIpc) is 3.10. The van der Waals surface area contributed by atoms with E-state index in [0.29, 0.717) is 24.1 Å². The summed E-state index contributed by atoms with van der Waals surface area (Å²) in [5.41, 5.74) is 0.0689. The zero-order valence-corrected chi connectivity index (χ0v) is 9.94. The number of alkyl halides is 3. The molecule has 1 aliphatic rings. The Morgan fingerprint density at radius 1 is 1.16 bits per heavy atom. The Labute approximate surface area is 107 Å². The van der Waals surface area contributed by atoms with E-state index in [1.807, 2.05) is 0 Å². The second kappa shape index (κ2) is 4.36. The minimum Gasteiger partial charge on any atom is -0.339 e. The molecule has 1 fully saturated rings. The van der Waals surface area contributed by atoms with Gasteiger partial charge in [-0.2, -0.15) is 18.2 Å². The number of hydrogen-bond acceptors (Lipinski definition) is 3. The fourth-order valence-corrected chi connectivity index (χ4v) is 1.83. The minimum atomic E-state index is -4.30. The first-order valence-electron chi connectivity index (χ1n) is 6.01. The highest BCUT2D eigenvalue weighted by Crippen LogP contribution is 2.38. The SMILES string of the molecule is FC(F)(F)c1ccc(Cc2nc(C3CC3)no2)cc1. The van der Waals surface area contributed by atoms with Crippen LogP contribution in [0.25, 0.3) is 0 Å². The Hall–Kier alpha value is -1.85. The topological polar surface area (TPSA) is 38.9 Å². The lowest BCUT2D eigenvalue weighted by molar-refractivity contribution is -0.137. The van der Waals surface area contributed by atoms with E-state index in [1.54, 1.807) is 0 Å². The Kier molecular flexibility index (Phi) is 2.80. The molecule has 0 amide bonds. The molecule has 3 nitrogen and oxygen atoms in total. The van der Waals surface area contributed by atoms with Gasteiger partial charge in [-0.25, -0.2) is 0 Å². The van der Waals surface area contributed by atoms with Gasteiger partial charge >= 0.3 is 6.18 Å². The number of halogens is 3. The average molecular weight is 268 g/mol. The number of benzene rings is 1. The number of hydrogen-bond donors (Lipinski definition) is 0. The second-order valence-electron chi connectivity index (χ2n) is 4.69. The van der Waals surface area contributed by atoms with Crippen molar-refractivity contribution >= 4 is 0 Å². The van der Waals surface area contributed by atoms with Gasteiger partial charge in [0.2, 0.25) is 5.89 Å². The van der Waals surface area contributed by atoms with Crippen molar-refractivity contribution in [3.8, 4) is 0 Å². The smallest absolute Gasteiger partial charge is 0.339 e. The van der Waals surface area contributed by atoms with Gasteiger partial charge < -0.3 is 4.52 Å². The molecule has 2 aromatic rings. The Morgan fingerprint density at radius 3 is 2.42 bits per heavy atom. The fraction of sp³-hybridized carbons (Fsp3) is 0.385. The minimum absolute atomic E-state index is 0.359. The van der Waals surface area contributed by atoms with Gasteiger partial charge in [-0.15, -0.1) is 0 Å². The first kappa shape index (κ1) is 12.2. The van der Waals surface area contributed by atoms with Crippen LogP contribution in [0, 0.1) is 0 Å². The van der Waals surface area contributed by atoms with Gasteiger partial charge in [0, 0.05) is 5.92 Å². The molecule has 0 spiro atoms. The van der Waals surface area contributed by atoms with Crippen LogP contribution in [0.4, 0.5) is 13.2 Å². The van der Waals surface area contributed by atoms with Crippen molar-refractivity contribution in [1.29, 1.82) is 0 Å². The first-order valence-corrected chi connectivity index (χ1v) is 6.01. The van der Waals surface area contributed by atoms with Crippen LogP contribution < -0.4 is 0 Å². The lowest BCUT2D eigenvalue weighted by atomic mass is 10.1. The van der Waals surface area contributed by atoms with Gasteiger partial charge in [0.15, 0.2) is 5.82 Å². The summed E-state index contributed by atoms with van der Waals surface area (Å²) >= 11 is 0. The Morgan fingerprint density at radius 2 is 1.84 bits per heavy atom. The molecule has 0 saturated heterocycles. The normalized spacial score (nSPS) is 15.7. The molecule has 0 unspecified atom stereocenters. The summed E-state index contributed by atoms with van der Waals surface area (Å²) in [4.78, 5) is 4.24. The fourth-order valence-electron chi connectivity index (χ4n) is 1.83. The summed E-state index contributed by atoms with van der Waals surface area (Å²) < 4.78 is 42.3. The van der Waals surface area contributed by atoms with Crippen LogP contribution in [-0.2, 0) is 12.6 Å². The lowest BCUT2D eigenvalue weighted by Crippen LogP contribution is -2.04. The standard InChI is InChI=1S/C13H11F3N2O/c14-13(15,16)10-5-1-8(2-6-10)7-11-17-12(18-19-11)9-3-4-9/h1-2,5-6,9H,3-4,7H2. The molecule has 1 aliphatic carbocycles. The van der Waals surface area contributed by atoms with E-state index in [-0.39, 0.29) is 0 Å². The molecule has 1 aromatic heterocycles. The van der Waals surface area contributed by atoms with Crippen LogP contribution in [0.1, 0.15) is 41.6 Å². The number of rotatable bonds is 3. The molecule has 0 bridgehead atoms. The van der Waals surface area contributed by atoms with E-state index >= 15 is 0 Å². The third-order valence-electron chi connectivity index (χ3n) is 3.06. The molecule has 0 aliphatic heterocycles. The molecular weight excluding hydrogens is 257 g/mol. The highest BCUT2D eigenvalue weighted by atomic mass is 19.4. The molecule has 3 rings (SSSR count). The van der Waals surface area contributed by atoms with E-state index in [4.69, 9.17) is 4.52 Å². The predicted molar refractivity (Wildman–Crippen MR) is 60.5 cm³/mol. The number of aromatic nitrogens is 2. The zero-order valence-electron chi connectivity index (χ0n) is 9.94. The van der Waals surface area contributed by atoms with Crippen LogP contribution in [0.15, 0.2) is 28.8 Å². The van der Waals surface area contributed by atoms with Gasteiger partial charge in [0.05, 0.1) is 12.0 Å². The van der Waals surface area contributed by atoms with E-state index < -0.39 is 11.7 Å². The molecule has 0 radical (unpaired) electrons. The monoisotopic (exact) mass is 268 g/mol. The maximum Gasteiger partial charge on any atom is 0.416 e. The lowest BCUT2D eigenvalue weighted by Gasteiger charge is -2.06. The largest absolute Gasteiger partial charge is 0.416 e. The van der Waals surface area contributed by atoms with Crippen LogP contribution in [0.2, 0.25) is 0 Å². The highest BCUT2D eigenvalue weighted by Gasteiger charge is 2.30. The van der Waals surface area contributed by atoms with E-state index in [2.05, 4.69) is 10.1 Å². The molecule has 0 N–H and O–H groups in total. The Balaban J connectivity index is 1.71. The van der Waals surface area contributed by atoms with Gasteiger partial charge in [-0.3, -0.25) is 0 Å². The molecule has 0 atom stereocenters. The highest BCUT2D eigenvalue weighted by molar-refractivity contribution is 5.26. The Bertz CT molecular complexity index is 570. The molecule has 19 heavy (non-hydrogen) atoms. The van der Waals surface area contributed by atoms with Gasteiger partial charge in [0.1, 0.15) is 0 Å². The molecule has 1 aromatic carbocycles. The van der Waals surface area contributed by atoms with Crippen molar-refractivity contribution in [2.45, 2.75) is 31.4 Å². The van der Waals surface area contributed by atoms with Crippen molar-refractivity contribution in [2.75, 3.05) is 0 Å². The van der Waals surface area contributed by atoms with Crippen LogP contribution in [-0.4, -0.2) is 10.1 Å². The first-order chi connectivity index (χ1) is 9.02. The zero-order chi connectivity index (χ0) is 13.5. The summed E-state index contributed by atoms with van der Waals surface area (Å²) in [7, 11) is 0. The van der Waals surface area contributed by atoms with Gasteiger partial charge in [-0.05, 0) is 30.5 Å². The molecule has 100 valence electrons. The second-order valence-corrected chi connectivity index (χ2v) is 4.69. The quantitative estimate of drug-likeness (QED) is 0.854. The third-order valence-corrected chi connectivity index (χ3v) is 3.06. The van der Waals surface area contributed by atoms with Crippen LogP contribution >= 0.6 is 0 Å². The van der Waals surface area contributed by atoms with Crippen LogP contribution in [0.3, 0.4) is 0 Å². The third kappa shape index (κ3) is 2.77. The maximum absolute atomic E-state index is 12.4. The van der Waals surface area contributed by atoms with Crippen LogP contribution in [0.5, 0.6) is 0 Å². The van der Waals surface area contributed by atoms with Crippen molar-refractivity contribution in [3.05, 3.63) is 47.1 Å². The van der Waals surface area contributed by atoms with Crippen molar-refractivity contribution in [3.63, 3.8) is 0 Å². The molecule has 1 saturated carbocycles. The summed E-state index contributed by atoms with van der Waals surface area (Å²) in [6, 6.07) is 4.99. The summed E-state index contributed by atoms with van der Waals surface area (Å²) in [5, 5.41) is 3.87. The predicted octanol–water partition coefficient (Wildman–Crippen LogP) is 3.56. The van der Waals surface area contributed by atoms with Crippen molar-refractivity contribution in [2.24, 2.45) is 0 Å². The van der Waals surface area contributed by atoms with Crippen molar-refractivity contribution in [1.82, 2.24) is 10.1 Å². The van der Waals surface area contributed by atoms with Crippen molar-refractivity contribution < 1.29 is 17.7 Å². The summed E-state index contributed by atoms with van der Waals surface area (Å²) in [6.45, 7) is 0. The van der Waals surface area contributed by atoms with E-state index in [0.717, 1.165) is 30.5 Å². The van der Waals surface area contributed by atoms with Gasteiger partial charge in [0.25, 0.3) is 0 Å². The summed E-state index contributed by atoms with van der Waals surface area (Å²) in [6.07, 6.45) is -1.78.